The smallest absolute Gasteiger partial charge is 0.341 e. The number of aromatic hydroxyl groups is 2. The number of hydrogen-bond acceptors (Lipinski definition) is 17. The molecular formula is C34H36N2O15. The SMILES string of the molecule is COC(=O)c1c(C)cc2c(c1O)[C@]1(O)C(=O)c3cc4c(c(O)c3C(=O)[C@]1(OC)[C@H](O)C2)C(N=O)CC(=NC1OC(C)C(OC)C(O)C1OC)C4=O. The third-order valence-corrected chi connectivity index (χ3v) is 10.5. The minimum absolute atomic E-state index is 0.00451. The van der Waals surface area contributed by atoms with E-state index in [9.17, 15) is 49.6 Å². The van der Waals surface area contributed by atoms with Gasteiger partial charge in [-0.05, 0) is 31.0 Å². The lowest BCUT2D eigenvalue weighted by atomic mass is 9.56. The summed E-state index contributed by atoms with van der Waals surface area (Å²) in [5, 5.41) is 60.9. The maximum atomic E-state index is 14.7. The summed E-state index contributed by atoms with van der Waals surface area (Å²) in [5.41, 5.74) is -9.69. The second-order valence-corrected chi connectivity index (χ2v) is 12.9. The monoisotopic (exact) mass is 712 g/mol. The fourth-order valence-corrected chi connectivity index (χ4v) is 8.13. The zero-order valence-corrected chi connectivity index (χ0v) is 28.3. The number of ether oxygens (including phenoxy) is 5. The average molecular weight is 713 g/mol. The van der Waals surface area contributed by atoms with Gasteiger partial charge in [0.1, 0.15) is 41.4 Å². The zero-order valence-electron chi connectivity index (χ0n) is 28.3. The summed E-state index contributed by atoms with van der Waals surface area (Å²) in [5.74, 6) is -6.56. The summed E-state index contributed by atoms with van der Waals surface area (Å²) in [7, 11) is 4.62. The van der Waals surface area contributed by atoms with E-state index < -0.39 is 135 Å². The third kappa shape index (κ3) is 4.69. The van der Waals surface area contributed by atoms with Gasteiger partial charge >= 0.3 is 5.97 Å². The van der Waals surface area contributed by atoms with Gasteiger partial charge in [0.25, 0.3) is 0 Å². The van der Waals surface area contributed by atoms with Crippen LogP contribution in [-0.2, 0) is 35.7 Å². The molecule has 17 heteroatoms. The predicted octanol–water partition coefficient (Wildman–Crippen LogP) is 0.732. The van der Waals surface area contributed by atoms with E-state index in [0.29, 0.717) is 0 Å². The Labute approximate surface area is 289 Å². The number of carbonyl (C=O) groups excluding carboxylic acids is 4. The number of phenolic OH excluding ortho intramolecular Hbond substituents is 2. The van der Waals surface area contributed by atoms with Crippen molar-refractivity contribution in [1.82, 2.24) is 0 Å². The van der Waals surface area contributed by atoms with Gasteiger partial charge in [-0.25, -0.2) is 4.79 Å². The largest absolute Gasteiger partial charge is 0.507 e. The van der Waals surface area contributed by atoms with Crippen LogP contribution in [0.1, 0.15) is 83.1 Å². The Bertz CT molecular complexity index is 1930. The fourth-order valence-electron chi connectivity index (χ4n) is 8.13. The van der Waals surface area contributed by atoms with Crippen LogP contribution in [0.3, 0.4) is 0 Å². The van der Waals surface area contributed by atoms with Gasteiger partial charge in [-0.3, -0.25) is 19.4 Å². The molecule has 0 aromatic heterocycles. The number of rotatable bonds is 6. The van der Waals surface area contributed by atoms with Crippen molar-refractivity contribution in [3.63, 3.8) is 0 Å². The highest BCUT2D eigenvalue weighted by Gasteiger charge is 2.72. The molecule has 4 aliphatic rings. The predicted molar refractivity (Wildman–Crippen MR) is 171 cm³/mol. The van der Waals surface area contributed by atoms with Crippen LogP contribution in [0.25, 0.3) is 0 Å². The van der Waals surface area contributed by atoms with Crippen molar-refractivity contribution in [3.05, 3.63) is 61.5 Å². The molecule has 51 heavy (non-hydrogen) atoms. The number of methoxy groups -OCH3 is 4. The van der Waals surface area contributed by atoms with E-state index in [4.69, 9.17) is 23.7 Å². The molecule has 0 radical (unpaired) electrons. The van der Waals surface area contributed by atoms with Crippen LogP contribution in [0.2, 0.25) is 0 Å². The van der Waals surface area contributed by atoms with Gasteiger partial charge in [0.2, 0.25) is 17.3 Å². The molecule has 17 nitrogen and oxygen atoms in total. The number of fused-ring (bicyclic) bond motifs is 5. The maximum Gasteiger partial charge on any atom is 0.341 e. The molecule has 1 saturated heterocycles. The summed E-state index contributed by atoms with van der Waals surface area (Å²) in [6.07, 6.45) is -8.04. The van der Waals surface area contributed by atoms with Gasteiger partial charge in [0.15, 0.2) is 17.4 Å². The summed E-state index contributed by atoms with van der Waals surface area (Å²) >= 11 is 0. The molecule has 2 aromatic carbocycles. The first kappa shape index (κ1) is 36.3. The molecule has 272 valence electrons. The van der Waals surface area contributed by atoms with E-state index in [-0.39, 0.29) is 16.8 Å². The number of aliphatic imine (C=N–C) groups is 1. The van der Waals surface area contributed by atoms with Gasteiger partial charge in [-0.15, -0.1) is 0 Å². The number of esters is 1. The number of hydrogen-bond donors (Lipinski definition) is 5. The minimum Gasteiger partial charge on any atom is -0.507 e. The topological polar surface area (TPSA) is 257 Å². The van der Waals surface area contributed by atoms with Crippen molar-refractivity contribution in [2.75, 3.05) is 28.4 Å². The summed E-state index contributed by atoms with van der Waals surface area (Å²) < 4.78 is 26.8. The molecule has 0 saturated carbocycles. The molecule has 6 rings (SSSR count). The Morgan fingerprint density at radius 2 is 1.63 bits per heavy atom. The van der Waals surface area contributed by atoms with E-state index in [1.807, 2.05) is 0 Å². The average Bonchev–Trinajstić information content (AvgIpc) is 3.08. The van der Waals surface area contributed by atoms with Crippen molar-refractivity contribution in [2.45, 2.75) is 80.7 Å². The molecule has 1 aliphatic heterocycles. The number of aliphatic hydroxyl groups excluding tert-OH is 2. The van der Waals surface area contributed by atoms with Gasteiger partial charge < -0.3 is 49.2 Å². The number of nitroso groups, excluding NO2 is 1. The van der Waals surface area contributed by atoms with Crippen LogP contribution >= 0.6 is 0 Å². The highest BCUT2D eigenvalue weighted by Crippen LogP contribution is 2.57. The number of ketones is 3. The van der Waals surface area contributed by atoms with Crippen molar-refractivity contribution in [3.8, 4) is 11.5 Å². The molecule has 1 fully saturated rings. The second-order valence-electron chi connectivity index (χ2n) is 12.9. The van der Waals surface area contributed by atoms with E-state index in [2.05, 4.69) is 10.2 Å². The lowest BCUT2D eigenvalue weighted by Gasteiger charge is -2.53. The van der Waals surface area contributed by atoms with Gasteiger partial charge in [0, 0.05) is 56.4 Å². The van der Waals surface area contributed by atoms with E-state index in [1.54, 1.807) is 6.92 Å². The Morgan fingerprint density at radius 1 is 0.961 bits per heavy atom. The lowest BCUT2D eigenvalue weighted by molar-refractivity contribution is -0.228. The molecule has 5 N–H and O–H groups in total. The van der Waals surface area contributed by atoms with Gasteiger partial charge in [-0.2, -0.15) is 4.91 Å². The Balaban J connectivity index is 1.57. The lowest BCUT2D eigenvalue weighted by Crippen LogP contribution is -2.73. The first-order chi connectivity index (χ1) is 24.1. The van der Waals surface area contributed by atoms with Crippen LogP contribution in [0.15, 0.2) is 22.3 Å². The van der Waals surface area contributed by atoms with E-state index >= 15 is 0 Å². The molecule has 2 aromatic rings. The first-order valence-corrected chi connectivity index (χ1v) is 15.8. The number of carbonyl (C=O) groups is 4. The maximum absolute atomic E-state index is 14.7. The highest BCUT2D eigenvalue weighted by atomic mass is 16.6. The standard InChI is InChI=1S/C34H36N2O15/c1-11-7-13-8-18(37)34(50-6)30(43)21-15(29(42)33(34,45)22(13)25(40)19(11)32(44)49-5)9-14-20(24(21)39)16(36-46)10-17(23(14)38)35-31-28(48-4)26(41)27(47-3)12(2)51-31/h7,9,12,16,18,26-28,31,37,39-41,45H,8,10H2,1-6H3/t12?,16?,18-,26?,27?,28?,31?,33+,34-/m1/s1. The summed E-state index contributed by atoms with van der Waals surface area (Å²) in [6, 6.07) is 0.687. The Kier molecular flexibility index (Phi) is 8.99. The van der Waals surface area contributed by atoms with Crippen molar-refractivity contribution in [2.24, 2.45) is 10.2 Å². The molecule has 6 unspecified atom stereocenters. The van der Waals surface area contributed by atoms with Crippen LogP contribution in [0.4, 0.5) is 0 Å². The van der Waals surface area contributed by atoms with Crippen LogP contribution < -0.4 is 0 Å². The number of aryl methyl sites for hydroxylation is 1. The number of nitrogens with zero attached hydrogens (tertiary/aromatic N) is 2. The number of aliphatic hydroxyl groups is 3. The quantitative estimate of drug-likeness (QED) is 0.204. The van der Waals surface area contributed by atoms with Crippen molar-refractivity contribution >= 4 is 29.0 Å². The van der Waals surface area contributed by atoms with Crippen molar-refractivity contribution in [1.29, 1.82) is 0 Å². The number of Topliss-reactive ketones (excluding diaryl/α,β-unsaturated/α-hetero) is 3. The molecule has 0 amide bonds. The van der Waals surface area contributed by atoms with Gasteiger partial charge in [-0.1, -0.05) is 11.2 Å². The molecule has 1 heterocycles. The normalized spacial score (nSPS) is 33.6. The van der Waals surface area contributed by atoms with Crippen LogP contribution in [-0.4, -0.2) is 125 Å². The molecule has 3 aliphatic carbocycles. The minimum atomic E-state index is -3.23. The highest BCUT2D eigenvalue weighted by molar-refractivity contribution is 6.48. The zero-order chi connectivity index (χ0) is 37.5. The summed E-state index contributed by atoms with van der Waals surface area (Å²) in [6.45, 7) is 3.05. The number of benzene rings is 2. The van der Waals surface area contributed by atoms with Gasteiger partial charge in [0.05, 0.1) is 30.6 Å². The molecule has 0 bridgehead atoms. The third-order valence-electron chi connectivity index (χ3n) is 10.5. The van der Waals surface area contributed by atoms with Crippen LogP contribution in [0, 0.1) is 11.8 Å². The second kappa shape index (κ2) is 12.6. The summed E-state index contributed by atoms with van der Waals surface area (Å²) in [4.78, 5) is 72.5. The number of phenols is 2. The molecular weight excluding hydrogens is 676 g/mol. The van der Waals surface area contributed by atoms with Crippen LogP contribution in [0.5, 0.6) is 11.5 Å². The van der Waals surface area contributed by atoms with Crippen molar-refractivity contribution < 1.29 is 68.4 Å². The Morgan fingerprint density at radius 3 is 2.22 bits per heavy atom. The van der Waals surface area contributed by atoms with E-state index in [0.717, 1.165) is 20.3 Å². The molecule has 9 atom stereocenters. The van der Waals surface area contributed by atoms with E-state index in [1.165, 1.54) is 27.2 Å². The molecule has 0 spiro atoms. The first-order valence-electron chi connectivity index (χ1n) is 15.8. The Hall–Kier alpha value is -4.49. The fraction of sp³-hybridized carbons (Fsp3) is 0.500.